The van der Waals surface area contributed by atoms with Gasteiger partial charge < -0.3 is 19.1 Å². The SMILES string of the molecule is COC(=O)/C(C(=O)c1ccc2c(c1)OCO2)=C1\CCCN1C. The van der Waals surface area contributed by atoms with Crippen molar-refractivity contribution in [2.45, 2.75) is 12.8 Å². The van der Waals surface area contributed by atoms with Gasteiger partial charge in [0.05, 0.1) is 7.11 Å². The lowest BCUT2D eigenvalue weighted by atomic mass is 10.00. The van der Waals surface area contributed by atoms with Gasteiger partial charge in [-0.2, -0.15) is 0 Å². The first kappa shape index (κ1) is 14.4. The van der Waals surface area contributed by atoms with Gasteiger partial charge in [-0.3, -0.25) is 4.79 Å². The second kappa shape index (κ2) is 5.71. The summed E-state index contributed by atoms with van der Waals surface area (Å²) in [6.45, 7) is 0.963. The summed E-state index contributed by atoms with van der Waals surface area (Å²) in [5.41, 5.74) is 1.22. The Morgan fingerprint density at radius 2 is 2.00 bits per heavy atom. The Bertz CT molecular complexity index is 665. The van der Waals surface area contributed by atoms with Crippen LogP contribution in [0, 0.1) is 0 Å². The van der Waals surface area contributed by atoms with Crippen LogP contribution in [0.2, 0.25) is 0 Å². The Hall–Kier alpha value is -2.50. The standard InChI is InChI=1S/C16H17NO5/c1-17-7-3-4-11(17)14(16(19)20-2)15(18)10-5-6-12-13(8-10)22-9-21-12/h5-6,8H,3-4,7,9H2,1-2H3/b14-11+. The molecular weight excluding hydrogens is 286 g/mol. The third kappa shape index (κ3) is 2.41. The molecule has 0 aliphatic carbocycles. The number of carbonyl (C=O) groups is 2. The van der Waals surface area contributed by atoms with Crippen LogP contribution in [0.15, 0.2) is 29.5 Å². The van der Waals surface area contributed by atoms with Crippen LogP contribution < -0.4 is 9.47 Å². The number of benzene rings is 1. The minimum Gasteiger partial charge on any atom is -0.465 e. The summed E-state index contributed by atoms with van der Waals surface area (Å²) in [7, 11) is 3.16. The number of nitrogens with zero attached hydrogens (tertiary/aromatic N) is 1. The van der Waals surface area contributed by atoms with Gasteiger partial charge in [-0.15, -0.1) is 0 Å². The van der Waals surface area contributed by atoms with Crippen molar-refractivity contribution in [3.8, 4) is 11.5 Å². The molecule has 0 radical (unpaired) electrons. The molecule has 0 atom stereocenters. The van der Waals surface area contributed by atoms with E-state index in [2.05, 4.69) is 0 Å². The molecule has 2 aliphatic rings. The second-order valence-corrected chi connectivity index (χ2v) is 5.24. The smallest absolute Gasteiger partial charge is 0.343 e. The molecule has 1 aromatic carbocycles. The van der Waals surface area contributed by atoms with Gasteiger partial charge in [-0.05, 0) is 31.0 Å². The van der Waals surface area contributed by atoms with Crippen LogP contribution in [-0.2, 0) is 9.53 Å². The topological polar surface area (TPSA) is 65.1 Å². The third-order valence-electron chi connectivity index (χ3n) is 3.91. The maximum Gasteiger partial charge on any atom is 0.343 e. The van der Waals surface area contributed by atoms with Crippen LogP contribution in [0.3, 0.4) is 0 Å². The van der Waals surface area contributed by atoms with E-state index in [0.29, 0.717) is 23.5 Å². The fraction of sp³-hybridized carbons (Fsp3) is 0.375. The maximum absolute atomic E-state index is 12.8. The summed E-state index contributed by atoms with van der Waals surface area (Å²) in [5.74, 6) is 0.155. The summed E-state index contributed by atoms with van der Waals surface area (Å²) >= 11 is 0. The lowest BCUT2D eigenvalue weighted by Gasteiger charge is -2.16. The van der Waals surface area contributed by atoms with Gasteiger partial charge in [0.15, 0.2) is 11.5 Å². The Labute approximate surface area is 128 Å². The molecule has 0 amide bonds. The number of Topliss-reactive ketones (excluding diaryl/α,β-unsaturated/α-hetero) is 1. The van der Waals surface area contributed by atoms with E-state index in [1.54, 1.807) is 18.2 Å². The number of hydrogen-bond donors (Lipinski definition) is 0. The van der Waals surface area contributed by atoms with E-state index in [1.165, 1.54) is 7.11 Å². The fourth-order valence-corrected chi connectivity index (χ4v) is 2.75. The van der Waals surface area contributed by atoms with Gasteiger partial charge in [0.25, 0.3) is 0 Å². The second-order valence-electron chi connectivity index (χ2n) is 5.24. The zero-order chi connectivity index (χ0) is 15.7. The number of rotatable bonds is 3. The van der Waals surface area contributed by atoms with Gasteiger partial charge in [0.2, 0.25) is 12.6 Å². The van der Waals surface area contributed by atoms with E-state index < -0.39 is 5.97 Å². The number of likely N-dealkylation sites (tertiary alicyclic amines) is 1. The van der Waals surface area contributed by atoms with Gasteiger partial charge in [0.1, 0.15) is 5.57 Å². The Kier molecular flexibility index (Phi) is 3.75. The zero-order valence-corrected chi connectivity index (χ0v) is 12.5. The number of ether oxygens (including phenoxy) is 3. The number of esters is 1. The van der Waals surface area contributed by atoms with Crippen molar-refractivity contribution < 1.29 is 23.8 Å². The van der Waals surface area contributed by atoms with Crippen molar-refractivity contribution in [2.24, 2.45) is 0 Å². The highest BCUT2D eigenvalue weighted by Crippen LogP contribution is 2.34. The van der Waals surface area contributed by atoms with Crippen LogP contribution in [0.1, 0.15) is 23.2 Å². The third-order valence-corrected chi connectivity index (χ3v) is 3.91. The summed E-state index contributed by atoms with van der Waals surface area (Å²) in [6, 6.07) is 4.91. The normalized spacial score (nSPS) is 18.4. The molecule has 2 heterocycles. The van der Waals surface area contributed by atoms with Gasteiger partial charge in [-0.1, -0.05) is 0 Å². The molecule has 1 aromatic rings. The number of allylic oxidation sites excluding steroid dienone is 1. The molecular formula is C16H17NO5. The summed E-state index contributed by atoms with van der Waals surface area (Å²) in [4.78, 5) is 26.8. The lowest BCUT2D eigenvalue weighted by Crippen LogP contribution is -2.22. The van der Waals surface area contributed by atoms with Gasteiger partial charge >= 0.3 is 5.97 Å². The van der Waals surface area contributed by atoms with Crippen molar-refractivity contribution in [2.75, 3.05) is 27.5 Å². The predicted octanol–water partition coefficient (Wildman–Crippen LogP) is 1.75. The molecule has 6 heteroatoms. The molecule has 0 aromatic heterocycles. The number of carbonyl (C=O) groups excluding carboxylic acids is 2. The molecule has 6 nitrogen and oxygen atoms in total. The van der Waals surface area contributed by atoms with Crippen molar-refractivity contribution in [1.29, 1.82) is 0 Å². The van der Waals surface area contributed by atoms with Crippen molar-refractivity contribution in [3.05, 3.63) is 35.0 Å². The lowest BCUT2D eigenvalue weighted by molar-refractivity contribution is -0.135. The number of methoxy groups -OCH3 is 1. The maximum atomic E-state index is 12.8. The highest BCUT2D eigenvalue weighted by atomic mass is 16.7. The molecule has 1 saturated heterocycles. The Balaban J connectivity index is 2.01. The molecule has 1 fully saturated rings. The molecule has 2 aliphatic heterocycles. The largest absolute Gasteiger partial charge is 0.465 e. The molecule has 116 valence electrons. The Morgan fingerprint density at radius 1 is 1.23 bits per heavy atom. The predicted molar refractivity (Wildman–Crippen MR) is 77.8 cm³/mol. The van der Waals surface area contributed by atoms with Crippen molar-refractivity contribution >= 4 is 11.8 Å². The molecule has 0 N–H and O–H groups in total. The van der Waals surface area contributed by atoms with Crippen molar-refractivity contribution in [3.63, 3.8) is 0 Å². The quantitative estimate of drug-likeness (QED) is 0.279. The van der Waals surface area contributed by atoms with Crippen LogP contribution >= 0.6 is 0 Å². The van der Waals surface area contributed by atoms with E-state index in [4.69, 9.17) is 14.2 Å². The summed E-state index contributed by atoms with van der Waals surface area (Å²) in [6.07, 6.45) is 1.61. The zero-order valence-electron chi connectivity index (χ0n) is 12.5. The van der Waals surface area contributed by atoms with E-state index >= 15 is 0 Å². The van der Waals surface area contributed by atoms with E-state index in [0.717, 1.165) is 18.7 Å². The van der Waals surface area contributed by atoms with Crippen LogP contribution in [0.4, 0.5) is 0 Å². The highest BCUT2D eigenvalue weighted by Gasteiger charge is 2.30. The molecule has 0 spiro atoms. The number of ketones is 1. The average Bonchev–Trinajstić information content (AvgIpc) is 3.15. The molecule has 0 saturated carbocycles. The van der Waals surface area contributed by atoms with E-state index in [9.17, 15) is 9.59 Å². The highest BCUT2D eigenvalue weighted by molar-refractivity contribution is 6.24. The molecule has 0 bridgehead atoms. The first-order chi connectivity index (χ1) is 10.6. The first-order valence-corrected chi connectivity index (χ1v) is 7.08. The Morgan fingerprint density at radius 3 is 2.68 bits per heavy atom. The fourth-order valence-electron chi connectivity index (χ4n) is 2.75. The van der Waals surface area contributed by atoms with E-state index in [1.807, 2.05) is 11.9 Å². The molecule has 22 heavy (non-hydrogen) atoms. The van der Waals surface area contributed by atoms with Crippen LogP contribution in [0.25, 0.3) is 0 Å². The van der Waals surface area contributed by atoms with Gasteiger partial charge in [0, 0.05) is 24.9 Å². The number of hydrogen-bond acceptors (Lipinski definition) is 6. The van der Waals surface area contributed by atoms with Gasteiger partial charge in [-0.25, -0.2) is 4.79 Å². The van der Waals surface area contributed by atoms with E-state index in [-0.39, 0.29) is 18.1 Å². The summed E-state index contributed by atoms with van der Waals surface area (Å²) in [5, 5.41) is 0. The minimum atomic E-state index is -0.605. The van der Waals surface area contributed by atoms with Crippen LogP contribution in [-0.4, -0.2) is 44.1 Å². The average molecular weight is 303 g/mol. The molecule has 0 unspecified atom stereocenters. The number of fused-ring (bicyclic) bond motifs is 1. The van der Waals surface area contributed by atoms with Crippen LogP contribution in [0.5, 0.6) is 11.5 Å². The van der Waals surface area contributed by atoms with Crippen molar-refractivity contribution in [1.82, 2.24) is 4.90 Å². The monoisotopic (exact) mass is 303 g/mol. The molecule has 3 rings (SSSR count). The first-order valence-electron chi connectivity index (χ1n) is 7.08. The summed E-state index contributed by atoms with van der Waals surface area (Å²) < 4.78 is 15.3. The minimum absolute atomic E-state index is 0.0985.